The molecule has 0 aromatic heterocycles. The average Bonchev–Trinajstić information content (AvgIpc) is 1.89. The summed E-state index contributed by atoms with van der Waals surface area (Å²) in [5, 5.41) is 0. The van der Waals surface area contributed by atoms with Crippen LogP contribution in [0.25, 0.3) is 0 Å². The molecule has 1 radical (unpaired) electrons. The van der Waals surface area contributed by atoms with E-state index in [1.165, 1.54) is 32.1 Å². The second kappa shape index (κ2) is 6.12. The van der Waals surface area contributed by atoms with Crippen LogP contribution < -0.4 is 0 Å². The van der Waals surface area contributed by atoms with Gasteiger partial charge in [0.25, 0.3) is 0 Å². The maximum absolute atomic E-state index is 2.26. The topological polar surface area (TPSA) is 0 Å². The van der Waals surface area contributed by atoms with Crippen LogP contribution in [0, 0.1) is 5.92 Å². The molecule has 0 fully saturated rings. The molecule has 0 atom stereocenters. The molecule has 0 aromatic carbocycles. The molecular weight excluding hydrogens is 108 g/mol. The van der Waals surface area contributed by atoms with E-state index in [1.54, 1.807) is 5.92 Å². The molecule has 0 nitrogen and oxygen atoms in total. The first-order valence-corrected chi connectivity index (χ1v) is 4.12. The maximum Gasteiger partial charge on any atom is -0.0275 e. The first-order valence-electron chi connectivity index (χ1n) is 4.12. The lowest BCUT2D eigenvalue weighted by molar-refractivity contribution is 0.653. The van der Waals surface area contributed by atoms with Crippen molar-refractivity contribution in [2.24, 2.45) is 0 Å². The molecular formula is C9H19. The van der Waals surface area contributed by atoms with Crippen LogP contribution >= 0.6 is 0 Å². The Labute approximate surface area is 59.7 Å². The number of rotatable bonds is 5. The van der Waals surface area contributed by atoms with E-state index in [9.17, 15) is 0 Å². The Balaban J connectivity index is 2.88. The van der Waals surface area contributed by atoms with E-state index in [1.807, 2.05) is 0 Å². The van der Waals surface area contributed by atoms with Gasteiger partial charge in [-0.15, -0.1) is 0 Å². The number of unbranched alkanes of at least 4 members (excludes halogenated alkanes) is 2. The number of hydrogen-bond donors (Lipinski definition) is 0. The molecule has 0 aromatic rings. The molecule has 0 N–H and O–H groups in total. The molecule has 55 valence electrons. The highest BCUT2D eigenvalue weighted by Crippen LogP contribution is 2.13. The van der Waals surface area contributed by atoms with Crippen LogP contribution in [0.1, 0.15) is 52.9 Å². The summed E-state index contributed by atoms with van der Waals surface area (Å²) < 4.78 is 0. The van der Waals surface area contributed by atoms with Gasteiger partial charge in [-0.3, -0.25) is 0 Å². The molecule has 0 bridgehead atoms. The third-order valence-corrected chi connectivity index (χ3v) is 1.81. The Bertz CT molecular complexity index is 48.0. The van der Waals surface area contributed by atoms with Crippen molar-refractivity contribution >= 4 is 0 Å². The van der Waals surface area contributed by atoms with Crippen molar-refractivity contribution in [2.45, 2.75) is 52.9 Å². The zero-order chi connectivity index (χ0) is 7.11. The Morgan fingerprint density at radius 3 is 2.22 bits per heavy atom. The van der Waals surface area contributed by atoms with Crippen LogP contribution in [0.4, 0.5) is 0 Å². The molecule has 0 saturated carbocycles. The summed E-state index contributed by atoms with van der Waals surface area (Å²) in [7, 11) is 0. The SMILES string of the molecule is CCCCC[C](C)CC. The lowest BCUT2D eigenvalue weighted by Gasteiger charge is -2.04. The van der Waals surface area contributed by atoms with E-state index in [2.05, 4.69) is 20.8 Å². The fourth-order valence-electron chi connectivity index (χ4n) is 0.854. The fourth-order valence-corrected chi connectivity index (χ4v) is 0.854. The second-order valence-electron chi connectivity index (χ2n) is 2.77. The molecule has 0 aliphatic carbocycles. The van der Waals surface area contributed by atoms with Gasteiger partial charge in [0.2, 0.25) is 0 Å². The van der Waals surface area contributed by atoms with Crippen molar-refractivity contribution in [3.8, 4) is 0 Å². The Morgan fingerprint density at radius 1 is 1.11 bits per heavy atom. The van der Waals surface area contributed by atoms with E-state index < -0.39 is 0 Å². The van der Waals surface area contributed by atoms with Crippen LogP contribution in [0.2, 0.25) is 0 Å². The summed E-state index contributed by atoms with van der Waals surface area (Å²) in [6.07, 6.45) is 6.76. The van der Waals surface area contributed by atoms with Crippen molar-refractivity contribution in [3.63, 3.8) is 0 Å². The van der Waals surface area contributed by atoms with Gasteiger partial charge >= 0.3 is 0 Å². The third-order valence-electron chi connectivity index (χ3n) is 1.81. The van der Waals surface area contributed by atoms with Crippen molar-refractivity contribution in [1.82, 2.24) is 0 Å². The highest BCUT2D eigenvalue weighted by atomic mass is 14.0. The average molecular weight is 127 g/mol. The monoisotopic (exact) mass is 127 g/mol. The molecule has 0 amide bonds. The molecule has 0 aliphatic heterocycles. The van der Waals surface area contributed by atoms with Crippen LogP contribution in [0.5, 0.6) is 0 Å². The predicted octanol–water partition coefficient (Wildman–Crippen LogP) is 3.57. The van der Waals surface area contributed by atoms with Gasteiger partial charge in [0.1, 0.15) is 0 Å². The van der Waals surface area contributed by atoms with Crippen LogP contribution in [-0.4, -0.2) is 0 Å². The van der Waals surface area contributed by atoms with Gasteiger partial charge in [-0.1, -0.05) is 46.5 Å². The van der Waals surface area contributed by atoms with Crippen LogP contribution in [0.3, 0.4) is 0 Å². The van der Waals surface area contributed by atoms with E-state index >= 15 is 0 Å². The molecule has 0 rings (SSSR count). The largest absolute Gasteiger partial charge is 0.0654 e. The molecule has 9 heavy (non-hydrogen) atoms. The minimum atomic E-state index is 1.27. The normalized spacial score (nSPS) is 10.7. The standard InChI is InChI=1S/C9H19/c1-4-6-7-8-9(3)5-2/h4-8H2,1-3H3. The number of hydrogen-bond acceptors (Lipinski definition) is 0. The van der Waals surface area contributed by atoms with Crippen LogP contribution in [0.15, 0.2) is 0 Å². The molecule has 0 saturated heterocycles. The van der Waals surface area contributed by atoms with Crippen molar-refractivity contribution in [3.05, 3.63) is 5.92 Å². The Kier molecular flexibility index (Phi) is 6.12. The second-order valence-corrected chi connectivity index (χ2v) is 2.77. The fraction of sp³-hybridized carbons (Fsp3) is 0.889. The summed E-state index contributed by atoms with van der Waals surface area (Å²) in [5.74, 6) is 1.66. The molecule has 0 heterocycles. The molecule has 0 unspecified atom stereocenters. The van der Waals surface area contributed by atoms with Gasteiger partial charge in [0.15, 0.2) is 0 Å². The Morgan fingerprint density at radius 2 is 1.78 bits per heavy atom. The smallest absolute Gasteiger partial charge is 0.0275 e. The van der Waals surface area contributed by atoms with E-state index in [-0.39, 0.29) is 0 Å². The zero-order valence-corrected chi connectivity index (χ0v) is 7.04. The predicted molar refractivity (Wildman–Crippen MR) is 43.4 cm³/mol. The Hall–Kier alpha value is 0. The van der Waals surface area contributed by atoms with Gasteiger partial charge in [0.05, 0.1) is 0 Å². The summed E-state index contributed by atoms with van der Waals surface area (Å²) in [6, 6.07) is 0. The van der Waals surface area contributed by atoms with Crippen molar-refractivity contribution in [1.29, 1.82) is 0 Å². The minimum absolute atomic E-state index is 1.27. The van der Waals surface area contributed by atoms with Gasteiger partial charge in [0, 0.05) is 0 Å². The van der Waals surface area contributed by atoms with E-state index in [4.69, 9.17) is 0 Å². The van der Waals surface area contributed by atoms with E-state index in [0.29, 0.717) is 0 Å². The van der Waals surface area contributed by atoms with Crippen molar-refractivity contribution < 1.29 is 0 Å². The summed E-state index contributed by atoms with van der Waals surface area (Å²) in [4.78, 5) is 0. The lowest BCUT2D eigenvalue weighted by Crippen LogP contribution is -1.87. The zero-order valence-electron chi connectivity index (χ0n) is 7.04. The summed E-state index contributed by atoms with van der Waals surface area (Å²) in [6.45, 7) is 6.75. The molecule has 0 spiro atoms. The lowest BCUT2D eigenvalue weighted by atomic mass is 10.0. The van der Waals surface area contributed by atoms with E-state index in [0.717, 1.165) is 0 Å². The van der Waals surface area contributed by atoms with Crippen molar-refractivity contribution in [2.75, 3.05) is 0 Å². The highest BCUT2D eigenvalue weighted by molar-refractivity contribution is 4.80. The molecule has 0 heteroatoms. The quantitative estimate of drug-likeness (QED) is 0.495. The summed E-state index contributed by atoms with van der Waals surface area (Å²) in [5.41, 5.74) is 0. The first-order chi connectivity index (χ1) is 4.31. The maximum atomic E-state index is 2.26. The highest BCUT2D eigenvalue weighted by Gasteiger charge is 1.96. The van der Waals surface area contributed by atoms with Gasteiger partial charge in [-0.2, -0.15) is 0 Å². The van der Waals surface area contributed by atoms with Gasteiger partial charge in [-0.25, -0.2) is 0 Å². The van der Waals surface area contributed by atoms with Crippen LogP contribution in [-0.2, 0) is 0 Å². The first kappa shape index (κ1) is 9.00. The van der Waals surface area contributed by atoms with Gasteiger partial charge < -0.3 is 0 Å². The molecule has 0 aliphatic rings. The van der Waals surface area contributed by atoms with Gasteiger partial charge in [-0.05, 0) is 12.3 Å². The summed E-state index contributed by atoms with van der Waals surface area (Å²) >= 11 is 0. The third kappa shape index (κ3) is 5.88. The minimum Gasteiger partial charge on any atom is -0.0654 e.